The number of rotatable bonds is 2. The van der Waals surface area contributed by atoms with Gasteiger partial charge in [0, 0.05) is 11.6 Å². The van der Waals surface area contributed by atoms with Crippen LogP contribution in [0.1, 0.15) is 62.0 Å². The number of aromatic carboxylic acids is 1. The SMILES string of the molecule is CC(C)c1c[nH]c2c(C(=O)O)cc(C(C)(C)C)cc12. The number of aromatic nitrogens is 1. The van der Waals surface area contributed by atoms with E-state index in [0.717, 1.165) is 16.5 Å². The average molecular weight is 259 g/mol. The van der Waals surface area contributed by atoms with Crippen LogP contribution in [0.25, 0.3) is 10.9 Å². The highest BCUT2D eigenvalue weighted by Gasteiger charge is 2.21. The Morgan fingerprint density at radius 2 is 1.89 bits per heavy atom. The zero-order chi connectivity index (χ0) is 14.4. The summed E-state index contributed by atoms with van der Waals surface area (Å²) < 4.78 is 0. The van der Waals surface area contributed by atoms with E-state index in [1.165, 1.54) is 5.56 Å². The molecule has 1 heterocycles. The minimum Gasteiger partial charge on any atom is -0.478 e. The van der Waals surface area contributed by atoms with E-state index in [0.29, 0.717) is 11.5 Å². The molecule has 0 aliphatic heterocycles. The fourth-order valence-corrected chi connectivity index (χ4v) is 2.33. The first-order chi connectivity index (χ1) is 8.71. The first-order valence-electron chi connectivity index (χ1n) is 6.60. The Morgan fingerprint density at radius 1 is 1.26 bits per heavy atom. The molecule has 1 aromatic carbocycles. The van der Waals surface area contributed by atoms with Gasteiger partial charge in [-0.2, -0.15) is 0 Å². The maximum Gasteiger partial charge on any atom is 0.337 e. The molecule has 0 unspecified atom stereocenters. The number of aromatic amines is 1. The van der Waals surface area contributed by atoms with Crippen LogP contribution >= 0.6 is 0 Å². The second-order valence-corrected chi connectivity index (χ2v) is 6.40. The highest BCUT2D eigenvalue weighted by atomic mass is 16.4. The third-order valence-corrected chi connectivity index (χ3v) is 3.54. The van der Waals surface area contributed by atoms with Gasteiger partial charge in [0.05, 0.1) is 11.1 Å². The van der Waals surface area contributed by atoms with E-state index in [1.807, 2.05) is 6.20 Å². The summed E-state index contributed by atoms with van der Waals surface area (Å²) in [5.41, 5.74) is 3.24. The smallest absolute Gasteiger partial charge is 0.337 e. The summed E-state index contributed by atoms with van der Waals surface area (Å²) in [5, 5.41) is 10.4. The lowest BCUT2D eigenvalue weighted by Crippen LogP contribution is -2.12. The predicted molar refractivity (Wildman–Crippen MR) is 78.0 cm³/mol. The lowest BCUT2D eigenvalue weighted by atomic mass is 9.84. The molecule has 102 valence electrons. The van der Waals surface area contributed by atoms with Crippen molar-refractivity contribution in [3.8, 4) is 0 Å². The van der Waals surface area contributed by atoms with Crippen molar-refractivity contribution in [2.45, 2.75) is 46.0 Å². The maximum absolute atomic E-state index is 11.5. The van der Waals surface area contributed by atoms with Gasteiger partial charge < -0.3 is 10.1 Å². The molecular weight excluding hydrogens is 238 g/mol. The number of nitrogens with one attached hydrogen (secondary N) is 1. The molecule has 0 saturated heterocycles. The minimum atomic E-state index is -0.881. The van der Waals surface area contributed by atoms with Crippen molar-refractivity contribution in [2.75, 3.05) is 0 Å². The monoisotopic (exact) mass is 259 g/mol. The van der Waals surface area contributed by atoms with Gasteiger partial charge in [0.1, 0.15) is 0 Å². The van der Waals surface area contributed by atoms with Crippen molar-refractivity contribution < 1.29 is 9.90 Å². The van der Waals surface area contributed by atoms with Crippen LogP contribution in [0.3, 0.4) is 0 Å². The molecule has 0 atom stereocenters. The number of hydrogen-bond donors (Lipinski definition) is 2. The normalized spacial score (nSPS) is 12.3. The molecule has 0 saturated carbocycles. The van der Waals surface area contributed by atoms with Crippen molar-refractivity contribution >= 4 is 16.9 Å². The van der Waals surface area contributed by atoms with Gasteiger partial charge in [-0.05, 0) is 34.6 Å². The van der Waals surface area contributed by atoms with Crippen LogP contribution in [-0.2, 0) is 5.41 Å². The second kappa shape index (κ2) is 4.41. The van der Waals surface area contributed by atoms with Gasteiger partial charge in [-0.1, -0.05) is 34.6 Å². The van der Waals surface area contributed by atoms with Crippen LogP contribution in [0.5, 0.6) is 0 Å². The van der Waals surface area contributed by atoms with Crippen molar-refractivity contribution in [1.82, 2.24) is 4.98 Å². The summed E-state index contributed by atoms with van der Waals surface area (Å²) in [6, 6.07) is 3.90. The number of carboxylic acids is 1. The zero-order valence-electron chi connectivity index (χ0n) is 12.2. The van der Waals surface area contributed by atoms with Gasteiger partial charge in [-0.15, -0.1) is 0 Å². The molecular formula is C16H21NO2. The highest BCUT2D eigenvalue weighted by Crippen LogP contribution is 2.33. The minimum absolute atomic E-state index is 0.0656. The molecule has 0 aliphatic carbocycles. The van der Waals surface area contributed by atoms with E-state index < -0.39 is 5.97 Å². The Kier molecular flexibility index (Phi) is 3.17. The molecule has 3 nitrogen and oxygen atoms in total. The van der Waals surface area contributed by atoms with Crippen LogP contribution in [0.2, 0.25) is 0 Å². The molecule has 3 heteroatoms. The van der Waals surface area contributed by atoms with Crippen molar-refractivity contribution in [3.63, 3.8) is 0 Å². The standard InChI is InChI=1S/C16H21NO2/c1-9(2)13-8-17-14-11(13)6-10(16(3,4)5)7-12(14)15(18)19/h6-9,17H,1-5H3,(H,18,19). The molecule has 2 aromatic rings. The average Bonchev–Trinajstić information content (AvgIpc) is 2.69. The number of H-pyrrole nitrogens is 1. The van der Waals surface area contributed by atoms with Crippen LogP contribution in [-0.4, -0.2) is 16.1 Å². The number of hydrogen-bond acceptors (Lipinski definition) is 1. The van der Waals surface area contributed by atoms with Crippen LogP contribution < -0.4 is 0 Å². The van der Waals surface area contributed by atoms with Gasteiger partial charge >= 0.3 is 5.97 Å². The molecule has 1 aromatic heterocycles. The highest BCUT2D eigenvalue weighted by molar-refractivity contribution is 6.03. The van der Waals surface area contributed by atoms with Gasteiger partial charge in [0.15, 0.2) is 0 Å². The molecule has 0 spiro atoms. The van der Waals surface area contributed by atoms with E-state index in [2.05, 4.69) is 45.7 Å². The largest absolute Gasteiger partial charge is 0.478 e. The van der Waals surface area contributed by atoms with E-state index in [1.54, 1.807) is 6.07 Å². The molecule has 2 rings (SSSR count). The predicted octanol–water partition coefficient (Wildman–Crippen LogP) is 4.29. The maximum atomic E-state index is 11.5. The van der Waals surface area contributed by atoms with Gasteiger partial charge in [-0.3, -0.25) is 0 Å². The van der Waals surface area contributed by atoms with Crippen LogP contribution in [0.15, 0.2) is 18.3 Å². The summed E-state index contributed by atoms with van der Waals surface area (Å²) in [6.45, 7) is 10.5. The summed E-state index contributed by atoms with van der Waals surface area (Å²) in [6.07, 6.45) is 1.92. The Balaban J connectivity index is 2.83. The third-order valence-electron chi connectivity index (χ3n) is 3.54. The van der Waals surface area contributed by atoms with Crippen LogP contribution in [0.4, 0.5) is 0 Å². The summed E-state index contributed by atoms with van der Waals surface area (Å²) >= 11 is 0. The van der Waals surface area contributed by atoms with Gasteiger partial charge in [0.2, 0.25) is 0 Å². The lowest BCUT2D eigenvalue weighted by Gasteiger charge is -2.20. The molecule has 0 amide bonds. The Labute approximate surface area is 113 Å². The second-order valence-electron chi connectivity index (χ2n) is 6.40. The number of benzene rings is 1. The summed E-state index contributed by atoms with van der Waals surface area (Å²) in [7, 11) is 0. The van der Waals surface area contributed by atoms with Crippen LogP contribution in [0, 0.1) is 0 Å². The van der Waals surface area contributed by atoms with E-state index >= 15 is 0 Å². The van der Waals surface area contributed by atoms with Gasteiger partial charge in [-0.25, -0.2) is 4.79 Å². The Morgan fingerprint density at radius 3 is 2.37 bits per heavy atom. The van der Waals surface area contributed by atoms with E-state index in [4.69, 9.17) is 0 Å². The number of carbonyl (C=O) groups is 1. The molecule has 0 radical (unpaired) electrons. The quantitative estimate of drug-likeness (QED) is 0.845. The van der Waals surface area contributed by atoms with Crippen molar-refractivity contribution in [1.29, 1.82) is 0 Å². The zero-order valence-corrected chi connectivity index (χ0v) is 12.2. The third kappa shape index (κ3) is 2.37. The molecule has 2 N–H and O–H groups in total. The molecule has 0 aliphatic rings. The topological polar surface area (TPSA) is 53.1 Å². The van der Waals surface area contributed by atoms with E-state index in [-0.39, 0.29) is 5.41 Å². The van der Waals surface area contributed by atoms with Gasteiger partial charge in [0.25, 0.3) is 0 Å². The number of carboxylic acid groups (broad SMARTS) is 1. The summed E-state index contributed by atoms with van der Waals surface area (Å²) in [5.74, 6) is -0.515. The molecule has 0 fully saturated rings. The molecule has 19 heavy (non-hydrogen) atoms. The fourth-order valence-electron chi connectivity index (χ4n) is 2.33. The lowest BCUT2D eigenvalue weighted by molar-refractivity contribution is 0.0698. The van der Waals surface area contributed by atoms with Crippen molar-refractivity contribution in [3.05, 3.63) is 35.0 Å². The number of fused-ring (bicyclic) bond motifs is 1. The molecule has 0 bridgehead atoms. The summed E-state index contributed by atoms with van der Waals surface area (Å²) in [4.78, 5) is 14.6. The first-order valence-corrected chi connectivity index (χ1v) is 6.60. The first kappa shape index (κ1) is 13.7. The van der Waals surface area contributed by atoms with E-state index in [9.17, 15) is 9.90 Å². The Hall–Kier alpha value is -1.77. The van der Waals surface area contributed by atoms with Crippen molar-refractivity contribution in [2.24, 2.45) is 0 Å². The Bertz CT molecular complexity index is 630. The fraction of sp³-hybridized carbons (Fsp3) is 0.438.